The number of rotatable bonds is 5. The van der Waals surface area contributed by atoms with Crippen molar-refractivity contribution in [1.82, 2.24) is 0 Å². The van der Waals surface area contributed by atoms with Crippen molar-refractivity contribution in [3.05, 3.63) is 100 Å². The van der Waals surface area contributed by atoms with Crippen LogP contribution in [0.25, 0.3) is 6.08 Å². The number of hydrogen-bond acceptors (Lipinski definition) is 3. The first-order valence-corrected chi connectivity index (χ1v) is 10.1. The van der Waals surface area contributed by atoms with Crippen LogP contribution in [0.3, 0.4) is 0 Å². The number of carbonyl (C=O) groups excluding carboxylic acids is 1. The van der Waals surface area contributed by atoms with E-state index >= 15 is 0 Å². The van der Waals surface area contributed by atoms with E-state index in [-0.39, 0.29) is 5.91 Å². The van der Waals surface area contributed by atoms with Gasteiger partial charge in [-0.3, -0.25) is 9.69 Å². The summed E-state index contributed by atoms with van der Waals surface area (Å²) < 4.78 is 6.50. The van der Waals surface area contributed by atoms with Gasteiger partial charge in [-0.1, -0.05) is 58.4 Å². The van der Waals surface area contributed by atoms with E-state index in [2.05, 4.69) is 20.9 Å². The molecule has 4 rings (SSSR count). The zero-order valence-corrected chi connectivity index (χ0v) is 17.5. The van der Waals surface area contributed by atoms with Gasteiger partial charge in [0.2, 0.25) is 0 Å². The quantitative estimate of drug-likeness (QED) is 0.472. The zero-order valence-electron chi connectivity index (χ0n) is 15.9. The molecule has 0 saturated carbocycles. The Bertz CT molecular complexity index is 1070. The smallest absolute Gasteiger partial charge is 0.282 e. The fraction of sp³-hybridized carbons (Fsp3) is 0.0833. The Hall–Kier alpha value is -3.18. The summed E-state index contributed by atoms with van der Waals surface area (Å²) in [5.74, 6) is 1.22. The normalized spacial score (nSPS) is 15.0. The maximum Gasteiger partial charge on any atom is 0.282 e. The summed E-state index contributed by atoms with van der Waals surface area (Å²) in [5, 5.41) is 0. The molecule has 3 aromatic carbocycles. The number of nitrogens with zero attached hydrogens (tertiary/aromatic N) is 2. The maximum absolute atomic E-state index is 13.3. The van der Waals surface area contributed by atoms with Gasteiger partial charge in [0.05, 0.1) is 12.3 Å². The fourth-order valence-corrected chi connectivity index (χ4v) is 3.38. The monoisotopic (exact) mass is 446 g/mol. The van der Waals surface area contributed by atoms with E-state index in [9.17, 15) is 4.79 Å². The second kappa shape index (κ2) is 8.45. The molecule has 0 aromatic heterocycles. The summed E-state index contributed by atoms with van der Waals surface area (Å²) in [6.07, 6.45) is 1.82. The predicted molar refractivity (Wildman–Crippen MR) is 120 cm³/mol. The number of benzene rings is 3. The summed E-state index contributed by atoms with van der Waals surface area (Å²) in [5.41, 5.74) is 2.95. The van der Waals surface area contributed by atoms with Crippen molar-refractivity contribution >= 4 is 39.4 Å². The van der Waals surface area contributed by atoms with Crippen LogP contribution in [0.5, 0.6) is 5.75 Å². The number of aliphatic imine (C=N–C) groups is 1. The Morgan fingerprint density at radius 2 is 1.66 bits per heavy atom. The third-order valence-corrected chi connectivity index (χ3v) is 5.00. The van der Waals surface area contributed by atoms with Crippen molar-refractivity contribution in [3.8, 4) is 5.75 Å². The molecule has 3 aromatic rings. The van der Waals surface area contributed by atoms with Crippen molar-refractivity contribution in [2.24, 2.45) is 4.99 Å². The van der Waals surface area contributed by atoms with Crippen LogP contribution in [0.1, 0.15) is 18.1 Å². The SMILES string of the molecule is CCOc1ccc(N2C(=O)/C(=C\c3ccccc3)N=C2c2ccc(Br)cc2)cc1. The van der Waals surface area contributed by atoms with Gasteiger partial charge in [0.25, 0.3) is 5.91 Å². The molecule has 144 valence electrons. The largest absolute Gasteiger partial charge is 0.494 e. The third kappa shape index (κ3) is 4.15. The van der Waals surface area contributed by atoms with E-state index in [1.807, 2.05) is 91.9 Å². The van der Waals surface area contributed by atoms with Crippen molar-refractivity contribution < 1.29 is 9.53 Å². The molecule has 0 radical (unpaired) electrons. The highest BCUT2D eigenvalue weighted by Gasteiger charge is 2.32. The van der Waals surface area contributed by atoms with Gasteiger partial charge in [-0.15, -0.1) is 0 Å². The molecule has 1 aliphatic heterocycles. The molecule has 1 aliphatic rings. The molecule has 0 unspecified atom stereocenters. The van der Waals surface area contributed by atoms with E-state index in [1.165, 1.54) is 0 Å². The number of hydrogen-bond donors (Lipinski definition) is 0. The van der Waals surface area contributed by atoms with Crippen LogP contribution in [0.15, 0.2) is 94.0 Å². The van der Waals surface area contributed by atoms with Gasteiger partial charge in [-0.05, 0) is 55.0 Å². The van der Waals surface area contributed by atoms with E-state index in [4.69, 9.17) is 4.74 Å². The van der Waals surface area contributed by atoms with E-state index in [0.717, 1.165) is 27.0 Å². The second-order valence-corrected chi connectivity index (χ2v) is 7.37. The lowest BCUT2D eigenvalue weighted by Crippen LogP contribution is -2.32. The summed E-state index contributed by atoms with van der Waals surface area (Å²) in [6, 6.07) is 25.0. The first kappa shape index (κ1) is 19.2. The minimum atomic E-state index is -0.157. The standard InChI is InChI=1S/C24H19BrN2O2/c1-2-29-21-14-12-20(13-15-21)27-23(18-8-10-19(25)11-9-18)26-22(24(27)28)16-17-6-4-3-5-7-17/h3-16H,2H2,1H3/b22-16+. The molecule has 0 atom stereocenters. The Labute approximate surface area is 178 Å². The summed E-state index contributed by atoms with van der Waals surface area (Å²) >= 11 is 3.46. The third-order valence-electron chi connectivity index (χ3n) is 4.47. The highest BCUT2D eigenvalue weighted by Crippen LogP contribution is 2.29. The van der Waals surface area contributed by atoms with Crippen LogP contribution in [0, 0.1) is 0 Å². The average molecular weight is 447 g/mol. The van der Waals surface area contributed by atoms with Crippen molar-refractivity contribution in [3.63, 3.8) is 0 Å². The Balaban J connectivity index is 1.77. The first-order chi connectivity index (χ1) is 14.2. The second-order valence-electron chi connectivity index (χ2n) is 6.45. The summed E-state index contributed by atoms with van der Waals surface area (Å²) in [6.45, 7) is 2.54. The molecule has 0 aliphatic carbocycles. The number of ether oxygens (including phenoxy) is 1. The van der Waals surface area contributed by atoms with E-state index < -0.39 is 0 Å². The van der Waals surface area contributed by atoms with Gasteiger partial charge in [0, 0.05) is 10.0 Å². The Morgan fingerprint density at radius 1 is 0.966 bits per heavy atom. The van der Waals surface area contributed by atoms with Crippen molar-refractivity contribution in [2.45, 2.75) is 6.92 Å². The van der Waals surface area contributed by atoms with Gasteiger partial charge in [-0.25, -0.2) is 4.99 Å². The number of amidine groups is 1. The molecule has 1 amide bonds. The number of halogens is 1. The molecular weight excluding hydrogens is 428 g/mol. The molecule has 4 nitrogen and oxygen atoms in total. The lowest BCUT2D eigenvalue weighted by atomic mass is 10.1. The van der Waals surface area contributed by atoms with Crippen LogP contribution in [0.2, 0.25) is 0 Å². The van der Waals surface area contributed by atoms with Crippen molar-refractivity contribution in [1.29, 1.82) is 0 Å². The Kier molecular flexibility index (Phi) is 5.58. The molecule has 29 heavy (non-hydrogen) atoms. The lowest BCUT2D eigenvalue weighted by Gasteiger charge is -2.19. The molecular formula is C24H19BrN2O2. The average Bonchev–Trinajstić information content (AvgIpc) is 3.06. The van der Waals surface area contributed by atoms with Crippen LogP contribution in [-0.4, -0.2) is 18.3 Å². The first-order valence-electron chi connectivity index (χ1n) is 9.34. The van der Waals surface area contributed by atoms with Gasteiger partial charge in [-0.2, -0.15) is 0 Å². The van der Waals surface area contributed by atoms with Gasteiger partial charge < -0.3 is 4.74 Å². The fourth-order valence-electron chi connectivity index (χ4n) is 3.11. The van der Waals surface area contributed by atoms with Crippen molar-refractivity contribution in [2.75, 3.05) is 11.5 Å². The Morgan fingerprint density at radius 3 is 2.31 bits per heavy atom. The number of amides is 1. The number of anilines is 1. The van der Waals surface area contributed by atoms with Crippen LogP contribution >= 0.6 is 15.9 Å². The molecule has 0 bridgehead atoms. The molecule has 0 spiro atoms. The highest BCUT2D eigenvalue weighted by molar-refractivity contribution is 9.10. The predicted octanol–water partition coefficient (Wildman–Crippen LogP) is 5.68. The highest BCUT2D eigenvalue weighted by atomic mass is 79.9. The van der Waals surface area contributed by atoms with Crippen LogP contribution in [0.4, 0.5) is 5.69 Å². The van der Waals surface area contributed by atoms with Gasteiger partial charge in [0.1, 0.15) is 17.3 Å². The molecule has 5 heteroatoms. The zero-order chi connectivity index (χ0) is 20.2. The minimum absolute atomic E-state index is 0.157. The molecule has 0 saturated heterocycles. The molecule has 0 N–H and O–H groups in total. The number of carbonyl (C=O) groups is 1. The van der Waals surface area contributed by atoms with E-state index in [1.54, 1.807) is 4.90 Å². The van der Waals surface area contributed by atoms with Crippen LogP contribution in [-0.2, 0) is 4.79 Å². The van der Waals surface area contributed by atoms with E-state index in [0.29, 0.717) is 18.1 Å². The summed E-state index contributed by atoms with van der Waals surface area (Å²) in [4.78, 5) is 19.6. The van der Waals surface area contributed by atoms with Gasteiger partial charge in [0.15, 0.2) is 0 Å². The van der Waals surface area contributed by atoms with Crippen LogP contribution < -0.4 is 9.64 Å². The maximum atomic E-state index is 13.3. The molecule has 0 fully saturated rings. The lowest BCUT2D eigenvalue weighted by molar-refractivity contribution is -0.113. The minimum Gasteiger partial charge on any atom is -0.494 e. The van der Waals surface area contributed by atoms with Gasteiger partial charge >= 0.3 is 0 Å². The summed E-state index contributed by atoms with van der Waals surface area (Å²) in [7, 11) is 0. The topological polar surface area (TPSA) is 41.9 Å². The molecule has 1 heterocycles.